The zero-order chi connectivity index (χ0) is 12.9. The molecule has 2 N–H and O–H groups in total. The van der Waals surface area contributed by atoms with Crippen molar-refractivity contribution >= 4 is 12.0 Å². The Morgan fingerprint density at radius 3 is 2.47 bits per heavy atom. The summed E-state index contributed by atoms with van der Waals surface area (Å²) in [6, 6.07) is -0.327. The number of carboxylic acids is 1. The molecule has 0 saturated carbocycles. The molecule has 1 atom stereocenters. The zero-order valence-electron chi connectivity index (χ0n) is 10.4. The normalized spacial score (nSPS) is 19.5. The number of rotatable bonds is 4. The van der Waals surface area contributed by atoms with Crippen molar-refractivity contribution in [2.75, 3.05) is 26.3 Å². The van der Waals surface area contributed by atoms with E-state index in [9.17, 15) is 9.59 Å². The average molecular weight is 244 g/mol. The predicted octanol–water partition coefficient (Wildman–Crippen LogP) is 0.672. The van der Waals surface area contributed by atoms with Gasteiger partial charge in [0.2, 0.25) is 0 Å². The van der Waals surface area contributed by atoms with Crippen molar-refractivity contribution in [3.05, 3.63) is 0 Å². The van der Waals surface area contributed by atoms with Crippen LogP contribution >= 0.6 is 0 Å². The maximum absolute atomic E-state index is 11.9. The highest BCUT2D eigenvalue weighted by Gasteiger charge is 2.35. The number of aliphatic carboxylic acids is 1. The summed E-state index contributed by atoms with van der Waals surface area (Å²) in [4.78, 5) is 24.6. The lowest BCUT2D eigenvalue weighted by Gasteiger charge is -2.32. The van der Waals surface area contributed by atoms with E-state index < -0.39 is 11.5 Å². The van der Waals surface area contributed by atoms with Gasteiger partial charge in [0, 0.05) is 13.1 Å². The Hall–Kier alpha value is -1.30. The molecule has 0 aromatic carbocycles. The second-order valence-corrected chi connectivity index (χ2v) is 4.42. The predicted molar refractivity (Wildman–Crippen MR) is 61.9 cm³/mol. The van der Waals surface area contributed by atoms with Crippen LogP contribution in [0.3, 0.4) is 0 Å². The molecule has 98 valence electrons. The SMILES string of the molecule is CCCC(C)(NC(=O)N1CCOCC1)C(=O)O. The number of carboxylic acid groups (broad SMARTS) is 1. The van der Waals surface area contributed by atoms with Gasteiger partial charge >= 0.3 is 12.0 Å². The number of nitrogens with one attached hydrogen (secondary N) is 1. The van der Waals surface area contributed by atoms with Crippen LogP contribution in [0, 0.1) is 0 Å². The van der Waals surface area contributed by atoms with E-state index in [2.05, 4.69) is 5.32 Å². The van der Waals surface area contributed by atoms with Crippen molar-refractivity contribution in [2.24, 2.45) is 0 Å². The molecule has 1 aliphatic rings. The van der Waals surface area contributed by atoms with Gasteiger partial charge < -0.3 is 20.1 Å². The molecule has 17 heavy (non-hydrogen) atoms. The number of morpholine rings is 1. The Labute approximate surface area is 101 Å². The Bertz CT molecular complexity index is 289. The number of carbonyl (C=O) groups is 2. The van der Waals surface area contributed by atoms with E-state index in [0.717, 1.165) is 0 Å². The molecule has 1 fully saturated rings. The Kier molecular flexibility index (Phi) is 4.74. The lowest BCUT2D eigenvalue weighted by atomic mass is 9.96. The number of hydrogen-bond acceptors (Lipinski definition) is 3. The number of ether oxygens (including phenoxy) is 1. The largest absolute Gasteiger partial charge is 0.480 e. The van der Waals surface area contributed by atoms with Crippen molar-refractivity contribution in [1.82, 2.24) is 10.2 Å². The van der Waals surface area contributed by atoms with E-state index in [-0.39, 0.29) is 6.03 Å². The van der Waals surface area contributed by atoms with Gasteiger partial charge in [0.25, 0.3) is 0 Å². The van der Waals surface area contributed by atoms with Crippen LogP contribution in [-0.4, -0.2) is 53.8 Å². The Morgan fingerprint density at radius 2 is 2.00 bits per heavy atom. The molecule has 1 heterocycles. The fraction of sp³-hybridized carbons (Fsp3) is 0.818. The van der Waals surface area contributed by atoms with Gasteiger partial charge in [-0.15, -0.1) is 0 Å². The second kappa shape index (κ2) is 5.86. The van der Waals surface area contributed by atoms with Crippen LogP contribution in [0.5, 0.6) is 0 Å². The van der Waals surface area contributed by atoms with Crippen LogP contribution < -0.4 is 5.32 Å². The molecule has 0 bridgehead atoms. The summed E-state index contributed by atoms with van der Waals surface area (Å²) < 4.78 is 5.14. The third kappa shape index (κ3) is 3.59. The minimum atomic E-state index is -1.19. The first-order valence-corrected chi connectivity index (χ1v) is 5.88. The van der Waals surface area contributed by atoms with E-state index >= 15 is 0 Å². The molecule has 0 spiro atoms. The fourth-order valence-electron chi connectivity index (χ4n) is 1.80. The highest BCUT2D eigenvalue weighted by atomic mass is 16.5. The quantitative estimate of drug-likeness (QED) is 0.762. The number of nitrogens with zero attached hydrogens (tertiary/aromatic N) is 1. The number of urea groups is 1. The smallest absolute Gasteiger partial charge is 0.329 e. The van der Waals surface area contributed by atoms with E-state index in [1.807, 2.05) is 6.92 Å². The minimum Gasteiger partial charge on any atom is -0.480 e. The molecule has 0 aromatic heterocycles. The summed E-state index contributed by atoms with van der Waals surface area (Å²) in [6.07, 6.45) is 1.12. The van der Waals surface area contributed by atoms with Crippen LogP contribution in [0.15, 0.2) is 0 Å². The van der Waals surface area contributed by atoms with Gasteiger partial charge in [-0.05, 0) is 13.3 Å². The second-order valence-electron chi connectivity index (χ2n) is 4.42. The lowest BCUT2D eigenvalue weighted by molar-refractivity contribution is -0.144. The molecule has 6 nitrogen and oxygen atoms in total. The molecule has 2 amide bonds. The molecular formula is C11H20N2O4. The van der Waals surface area contributed by atoms with Crippen molar-refractivity contribution in [3.8, 4) is 0 Å². The highest BCUT2D eigenvalue weighted by Crippen LogP contribution is 2.13. The topological polar surface area (TPSA) is 78.9 Å². The monoisotopic (exact) mass is 244 g/mol. The third-order valence-electron chi connectivity index (χ3n) is 2.90. The van der Waals surface area contributed by atoms with Gasteiger partial charge in [0.1, 0.15) is 5.54 Å². The summed E-state index contributed by atoms with van der Waals surface area (Å²) in [5.41, 5.74) is -1.19. The first kappa shape index (κ1) is 13.8. The number of hydrogen-bond donors (Lipinski definition) is 2. The van der Waals surface area contributed by atoms with E-state index in [0.29, 0.717) is 39.1 Å². The summed E-state index contributed by atoms with van der Waals surface area (Å²) in [7, 11) is 0. The van der Waals surface area contributed by atoms with E-state index in [1.165, 1.54) is 6.92 Å². The van der Waals surface area contributed by atoms with Gasteiger partial charge in [0.05, 0.1) is 13.2 Å². The van der Waals surface area contributed by atoms with Gasteiger partial charge in [-0.3, -0.25) is 0 Å². The van der Waals surface area contributed by atoms with Crippen LogP contribution in [0.4, 0.5) is 4.79 Å². The number of carbonyl (C=O) groups excluding carboxylic acids is 1. The minimum absolute atomic E-state index is 0.327. The molecular weight excluding hydrogens is 224 g/mol. The van der Waals surface area contributed by atoms with Gasteiger partial charge in [-0.2, -0.15) is 0 Å². The Balaban J connectivity index is 2.60. The average Bonchev–Trinajstić information content (AvgIpc) is 2.30. The van der Waals surface area contributed by atoms with Crippen LogP contribution in [0.25, 0.3) is 0 Å². The van der Waals surface area contributed by atoms with Crippen molar-refractivity contribution in [2.45, 2.75) is 32.2 Å². The van der Waals surface area contributed by atoms with Crippen LogP contribution in [0.2, 0.25) is 0 Å². The van der Waals surface area contributed by atoms with Crippen molar-refractivity contribution in [3.63, 3.8) is 0 Å². The molecule has 0 aliphatic carbocycles. The van der Waals surface area contributed by atoms with Gasteiger partial charge in [-0.1, -0.05) is 13.3 Å². The first-order valence-electron chi connectivity index (χ1n) is 5.88. The number of amides is 2. The van der Waals surface area contributed by atoms with Crippen LogP contribution in [-0.2, 0) is 9.53 Å². The summed E-state index contributed by atoms with van der Waals surface area (Å²) in [5.74, 6) is -0.999. The van der Waals surface area contributed by atoms with Gasteiger partial charge in [-0.25, -0.2) is 9.59 Å². The van der Waals surface area contributed by atoms with Crippen molar-refractivity contribution < 1.29 is 19.4 Å². The molecule has 6 heteroatoms. The maximum atomic E-state index is 11.9. The molecule has 0 radical (unpaired) electrons. The van der Waals surface area contributed by atoms with Crippen molar-refractivity contribution in [1.29, 1.82) is 0 Å². The Morgan fingerprint density at radius 1 is 1.41 bits per heavy atom. The summed E-state index contributed by atoms with van der Waals surface area (Å²) >= 11 is 0. The summed E-state index contributed by atoms with van der Waals surface area (Å²) in [6.45, 7) is 5.45. The standard InChI is InChI=1S/C11H20N2O4/c1-3-4-11(2,9(14)15)12-10(16)13-5-7-17-8-6-13/h3-8H2,1-2H3,(H,12,16)(H,14,15). The third-order valence-corrected chi connectivity index (χ3v) is 2.90. The highest BCUT2D eigenvalue weighted by molar-refractivity contribution is 5.85. The molecule has 1 unspecified atom stereocenters. The summed E-state index contributed by atoms with van der Waals surface area (Å²) in [5, 5.41) is 11.7. The zero-order valence-corrected chi connectivity index (χ0v) is 10.4. The maximum Gasteiger partial charge on any atom is 0.329 e. The fourth-order valence-corrected chi connectivity index (χ4v) is 1.80. The van der Waals surface area contributed by atoms with E-state index in [1.54, 1.807) is 4.90 Å². The lowest BCUT2D eigenvalue weighted by Crippen LogP contribution is -2.57. The molecule has 1 saturated heterocycles. The van der Waals surface area contributed by atoms with E-state index in [4.69, 9.17) is 9.84 Å². The molecule has 1 aliphatic heterocycles. The van der Waals surface area contributed by atoms with Crippen LogP contribution in [0.1, 0.15) is 26.7 Å². The molecule has 1 rings (SSSR count). The first-order chi connectivity index (χ1) is 7.99. The molecule has 0 aromatic rings. The van der Waals surface area contributed by atoms with Gasteiger partial charge in [0.15, 0.2) is 0 Å².